The fourth-order valence-corrected chi connectivity index (χ4v) is 1.58. The van der Waals surface area contributed by atoms with Crippen LogP contribution in [0.1, 0.15) is 72.3 Å². The first-order valence-corrected chi connectivity index (χ1v) is 9.21. The Kier molecular flexibility index (Phi) is 17.3. The van der Waals surface area contributed by atoms with Crippen LogP contribution in [0.3, 0.4) is 0 Å². The van der Waals surface area contributed by atoms with E-state index in [4.69, 9.17) is 0 Å². The molecule has 1 saturated heterocycles. The molecule has 0 amide bonds. The van der Waals surface area contributed by atoms with Crippen molar-refractivity contribution in [2.24, 2.45) is 0 Å². The lowest BCUT2D eigenvalue weighted by molar-refractivity contribution is -0.135. The minimum absolute atomic E-state index is 0.0381. The Morgan fingerprint density at radius 2 is 1.44 bits per heavy atom. The molecule has 0 spiro atoms. The Morgan fingerprint density at radius 3 is 1.63 bits per heavy atom. The number of hydrogen-bond acceptors (Lipinski definition) is 6. The molecule has 1 unspecified atom stereocenters. The van der Waals surface area contributed by atoms with E-state index in [-0.39, 0.29) is 29.1 Å². The lowest BCUT2D eigenvalue weighted by atomic mass is 9.98. The molecule has 152 valence electrons. The monoisotopic (exact) mass is 378 g/mol. The summed E-state index contributed by atoms with van der Waals surface area (Å²) in [5.74, 6) is -0.0904. The van der Waals surface area contributed by atoms with Crippen LogP contribution in [0.2, 0.25) is 0 Å². The van der Waals surface area contributed by atoms with Gasteiger partial charge < -0.3 is 4.79 Å². The van der Waals surface area contributed by atoms with Gasteiger partial charge in [0.1, 0.15) is 11.6 Å². The number of carbonyl (C=O) groups excluding carboxylic acids is 4. The summed E-state index contributed by atoms with van der Waals surface area (Å²) in [7, 11) is 0. The first-order valence-electron chi connectivity index (χ1n) is 9.21. The summed E-state index contributed by atoms with van der Waals surface area (Å²) >= 11 is 0. The zero-order valence-corrected chi connectivity index (χ0v) is 17.4. The van der Waals surface area contributed by atoms with E-state index >= 15 is 0 Å². The topological polar surface area (TPSA) is 112 Å². The van der Waals surface area contributed by atoms with Crippen molar-refractivity contribution >= 4 is 23.1 Å². The van der Waals surface area contributed by atoms with Crippen LogP contribution in [-0.2, 0) is 19.2 Å². The molecule has 0 saturated carbocycles. The maximum atomic E-state index is 10.9. The minimum atomic E-state index is -0.345. The van der Waals surface area contributed by atoms with Crippen LogP contribution >= 0.6 is 0 Å². The molecular formula is C21H34N2O4. The van der Waals surface area contributed by atoms with Gasteiger partial charge in [-0.2, -0.15) is 0 Å². The van der Waals surface area contributed by atoms with E-state index in [1.54, 1.807) is 20.8 Å². The van der Waals surface area contributed by atoms with Crippen molar-refractivity contribution in [1.29, 1.82) is 0 Å². The van der Waals surface area contributed by atoms with E-state index in [1.807, 2.05) is 44.2 Å². The van der Waals surface area contributed by atoms with Crippen LogP contribution in [0.5, 0.6) is 0 Å². The molecule has 2 N–H and O–H groups in total. The van der Waals surface area contributed by atoms with Gasteiger partial charge in [-0.15, -0.1) is 0 Å². The molecule has 0 radical (unpaired) electrons. The summed E-state index contributed by atoms with van der Waals surface area (Å²) in [6.07, 6.45) is 2.05. The predicted molar refractivity (Wildman–Crippen MR) is 108 cm³/mol. The number of Topliss-reactive ketones (excluding diaryl/α,β-unsaturated/α-hetero) is 4. The van der Waals surface area contributed by atoms with Crippen molar-refractivity contribution in [3.05, 3.63) is 35.9 Å². The maximum absolute atomic E-state index is 10.9. The minimum Gasteiger partial charge on any atom is -0.300 e. The zero-order valence-electron chi connectivity index (χ0n) is 17.4. The largest absolute Gasteiger partial charge is 0.300 e. The number of rotatable bonds is 6. The molecule has 1 heterocycles. The van der Waals surface area contributed by atoms with Crippen molar-refractivity contribution in [1.82, 2.24) is 10.9 Å². The number of benzene rings is 1. The Balaban J connectivity index is 0. The van der Waals surface area contributed by atoms with Gasteiger partial charge in [-0.05, 0) is 25.8 Å². The molecule has 27 heavy (non-hydrogen) atoms. The molecular weight excluding hydrogens is 344 g/mol. The van der Waals surface area contributed by atoms with E-state index in [0.29, 0.717) is 6.42 Å². The second kappa shape index (κ2) is 17.2. The molecule has 1 fully saturated rings. The van der Waals surface area contributed by atoms with Gasteiger partial charge in [0.25, 0.3) is 0 Å². The average molecular weight is 379 g/mol. The number of carbonyl (C=O) groups is 4. The highest BCUT2D eigenvalue weighted by Gasteiger charge is 2.08. The normalized spacial score (nSPS) is 11.8. The quantitative estimate of drug-likeness (QED) is 0.580. The third-order valence-corrected chi connectivity index (χ3v) is 3.40. The van der Waals surface area contributed by atoms with E-state index < -0.39 is 0 Å². The van der Waals surface area contributed by atoms with Crippen LogP contribution in [0, 0.1) is 0 Å². The Bertz CT molecular complexity index is 566. The fourth-order valence-electron chi connectivity index (χ4n) is 1.58. The molecule has 6 nitrogen and oxygen atoms in total. The van der Waals surface area contributed by atoms with Crippen molar-refractivity contribution < 1.29 is 19.2 Å². The number of nitrogens with one attached hydrogen (secondary N) is 2. The molecule has 2 rings (SSSR count). The van der Waals surface area contributed by atoms with Crippen LogP contribution in [0.15, 0.2) is 30.3 Å². The van der Waals surface area contributed by atoms with Gasteiger partial charge in [-0.3, -0.25) is 14.4 Å². The smallest absolute Gasteiger partial charge is 0.197 e. The Labute approximate surface area is 163 Å². The average Bonchev–Trinajstić information content (AvgIpc) is 3.51. The van der Waals surface area contributed by atoms with Crippen molar-refractivity contribution in [3.8, 4) is 0 Å². The van der Waals surface area contributed by atoms with Gasteiger partial charge in [0.05, 0.1) is 6.67 Å². The zero-order chi connectivity index (χ0) is 21.2. The fraction of sp³-hybridized carbons (Fsp3) is 0.524. The molecule has 1 aliphatic rings. The van der Waals surface area contributed by atoms with E-state index in [0.717, 1.165) is 25.1 Å². The molecule has 1 atom stereocenters. The highest BCUT2D eigenvalue weighted by atomic mass is 16.2. The Hall–Kier alpha value is -2.18. The molecule has 0 aliphatic carbocycles. The predicted octanol–water partition coefficient (Wildman–Crippen LogP) is 3.36. The van der Waals surface area contributed by atoms with Crippen molar-refractivity contribution in [2.45, 2.75) is 66.7 Å². The van der Waals surface area contributed by atoms with E-state index in [1.165, 1.54) is 6.92 Å². The lowest BCUT2D eigenvalue weighted by Gasteiger charge is -2.05. The molecule has 0 bridgehead atoms. The molecule has 1 aliphatic heterocycles. The van der Waals surface area contributed by atoms with Gasteiger partial charge in [-0.25, -0.2) is 10.9 Å². The van der Waals surface area contributed by atoms with Gasteiger partial charge >= 0.3 is 0 Å². The summed E-state index contributed by atoms with van der Waals surface area (Å²) in [5, 5.41) is 0. The van der Waals surface area contributed by atoms with Gasteiger partial charge in [-0.1, -0.05) is 51.1 Å². The molecule has 0 aromatic heterocycles. The third kappa shape index (κ3) is 20.0. The lowest BCUT2D eigenvalue weighted by Crippen LogP contribution is -2.06. The summed E-state index contributed by atoms with van der Waals surface area (Å²) in [4.78, 5) is 41.2. The highest BCUT2D eigenvalue weighted by Crippen LogP contribution is 2.14. The van der Waals surface area contributed by atoms with Gasteiger partial charge in [0.15, 0.2) is 11.6 Å². The second-order valence-electron chi connectivity index (χ2n) is 6.06. The molecule has 1 aromatic carbocycles. The second-order valence-corrected chi connectivity index (χ2v) is 6.06. The number of ketones is 4. The molecule has 1 aromatic rings. The van der Waals surface area contributed by atoms with E-state index in [2.05, 4.69) is 10.9 Å². The summed E-state index contributed by atoms with van der Waals surface area (Å²) in [6, 6.07) is 9.82. The summed E-state index contributed by atoms with van der Waals surface area (Å²) in [6.45, 7) is 11.1. The number of hydrazine groups is 1. The first kappa shape index (κ1) is 27.0. The maximum Gasteiger partial charge on any atom is 0.197 e. The van der Waals surface area contributed by atoms with E-state index in [9.17, 15) is 19.2 Å². The van der Waals surface area contributed by atoms with Crippen LogP contribution in [0.4, 0.5) is 0 Å². The summed E-state index contributed by atoms with van der Waals surface area (Å²) < 4.78 is 0. The summed E-state index contributed by atoms with van der Waals surface area (Å²) in [5.41, 5.74) is 6.60. The Morgan fingerprint density at radius 1 is 0.963 bits per heavy atom. The van der Waals surface area contributed by atoms with Crippen LogP contribution < -0.4 is 10.9 Å². The standard InChI is InChI=1S/C10H12O.C5H8O2.C5H10O.CH4N2/c1-8(9(2)11)10-6-4-3-5-7-10;1-3-5(7)4(2)6;1-3-4-5(2)6;1-2-3-1/h3-8H,1-2H3;3H2,1-2H3;3-4H2,1-2H3;2-3H,1H2. The van der Waals surface area contributed by atoms with Gasteiger partial charge in [0, 0.05) is 25.7 Å². The van der Waals surface area contributed by atoms with Crippen molar-refractivity contribution in [3.63, 3.8) is 0 Å². The number of hydrogen-bond donors (Lipinski definition) is 2. The third-order valence-electron chi connectivity index (χ3n) is 3.40. The van der Waals surface area contributed by atoms with Crippen molar-refractivity contribution in [2.75, 3.05) is 6.67 Å². The van der Waals surface area contributed by atoms with Crippen LogP contribution in [-0.4, -0.2) is 29.8 Å². The van der Waals surface area contributed by atoms with Crippen LogP contribution in [0.25, 0.3) is 0 Å². The van der Waals surface area contributed by atoms with Gasteiger partial charge in [0.2, 0.25) is 0 Å². The first-order chi connectivity index (χ1) is 12.7. The molecule has 6 heteroatoms. The SMILES string of the molecule is C1NN1.CC(=O)C(C)c1ccccc1.CCC(=O)C(C)=O.CCCC(C)=O. The highest BCUT2D eigenvalue weighted by molar-refractivity contribution is 6.36.